The van der Waals surface area contributed by atoms with Crippen LogP contribution in [0.3, 0.4) is 0 Å². The molecule has 1 aromatic carbocycles. The molecule has 1 aliphatic heterocycles. The van der Waals surface area contributed by atoms with Crippen molar-refractivity contribution in [3.8, 4) is 0 Å². The molecule has 1 atom stereocenters. The first-order chi connectivity index (χ1) is 11.6. The Bertz CT molecular complexity index is 584. The van der Waals surface area contributed by atoms with Crippen molar-refractivity contribution in [2.24, 2.45) is 0 Å². The number of nitrogens with one attached hydrogen (secondary N) is 1. The predicted molar refractivity (Wildman–Crippen MR) is 88.0 cm³/mol. The smallest absolute Gasteiger partial charge is 0.252 e. The van der Waals surface area contributed by atoms with Gasteiger partial charge in [0.15, 0.2) is 0 Å². The molecule has 0 bridgehead atoms. The number of amides is 2. The van der Waals surface area contributed by atoms with Crippen LogP contribution in [0.5, 0.6) is 0 Å². The number of benzene rings is 1. The lowest BCUT2D eigenvalue weighted by atomic mass is 9.93. The molecule has 1 saturated carbocycles. The number of morpholine rings is 1. The zero-order valence-electron chi connectivity index (χ0n) is 13.7. The molecule has 0 radical (unpaired) electrons. The van der Waals surface area contributed by atoms with Crippen LogP contribution in [0, 0.1) is 5.82 Å². The van der Waals surface area contributed by atoms with Crippen LogP contribution in [0.2, 0.25) is 0 Å². The van der Waals surface area contributed by atoms with Crippen LogP contribution in [0.1, 0.15) is 38.5 Å². The second-order valence-corrected chi connectivity index (χ2v) is 6.44. The maximum absolute atomic E-state index is 12.9. The molecule has 24 heavy (non-hydrogen) atoms. The first-order valence-electron chi connectivity index (χ1n) is 8.61. The van der Waals surface area contributed by atoms with Crippen LogP contribution in [0.15, 0.2) is 24.3 Å². The molecular weight excluding hydrogens is 311 g/mol. The zero-order chi connectivity index (χ0) is 16.9. The molecule has 1 aromatic rings. The molecule has 2 amide bonds. The number of ether oxygens (including phenoxy) is 1. The number of anilines is 1. The van der Waals surface area contributed by atoms with E-state index in [4.69, 9.17) is 4.74 Å². The quantitative estimate of drug-likeness (QED) is 0.921. The molecule has 2 aliphatic rings. The van der Waals surface area contributed by atoms with E-state index in [9.17, 15) is 14.0 Å². The Morgan fingerprint density at radius 1 is 1.21 bits per heavy atom. The van der Waals surface area contributed by atoms with Crippen molar-refractivity contribution in [2.75, 3.05) is 18.5 Å². The molecule has 5 nitrogen and oxygen atoms in total. The van der Waals surface area contributed by atoms with Crippen LogP contribution in [0.25, 0.3) is 0 Å². The van der Waals surface area contributed by atoms with Crippen molar-refractivity contribution in [2.45, 2.75) is 50.7 Å². The maximum atomic E-state index is 12.9. The number of hydrogen-bond acceptors (Lipinski definition) is 3. The fraction of sp³-hybridized carbons (Fsp3) is 0.556. The summed E-state index contributed by atoms with van der Waals surface area (Å²) in [6.07, 6.45) is 4.90. The summed E-state index contributed by atoms with van der Waals surface area (Å²) in [5.41, 5.74) is 0.508. The van der Waals surface area contributed by atoms with E-state index in [0.717, 1.165) is 25.7 Å². The monoisotopic (exact) mass is 334 g/mol. The maximum Gasteiger partial charge on any atom is 0.252 e. The second kappa shape index (κ2) is 7.75. The number of halogens is 1. The molecule has 2 fully saturated rings. The van der Waals surface area contributed by atoms with Crippen molar-refractivity contribution < 1.29 is 18.7 Å². The van der Waals surface area contributed by atoms with Crippen LogP contribution in [-0.4, -0.2) is 42.0 Å². The van der Waals surface area contributed by atoms with E-state index in [2.05, 4.69) is 5.32 Å². The fourth-order valence-electron chi connectivity index (χ4n) is 3.47. The summed E-state index contributed by atoms with van der Waals surface area (Å²) in [7, 11) is 0. The SMILES string of the molecule is O=C(CC1OCCN(C2CCCCC2)C1=O)Nc1ccc(F)cc1. The van der Waals surface area contributed by atoms with Crippen LogP contribution in [-0.2, 0) is 14.3 Å². The summed E-state index contributed by atoms with van der Waals surface area (Å²) in [6, 6.07) is 5.83. The topological polar surface area (TPSA) is 58.6 Å². The summed E-state index contributed by atoms with van der Waals surface area (Å²) in [4.78, 5) is 26.7. The summed E-state index contributed by atoms with van der Waals surface area (Å²) in [6.45, 7) is 1.08. The lowest BCUT2D eigenvalue weighted by molar-refractivity contribution is -0.159. The molecule has 1 aliphatic carbocycles. The number of carbonyl (C=O) groups is 2. The Hall–Kier alpha value is -1.95. The van der Waals surface area contributed by atoms with Gasteiger partial charge in [-0.25, -0.2) is 4.39 Å². The largest absolute Gasteiger partial charge is 0.366 e. The normalized spacial score (nSPS) is 22.5. The Morgan fingerprint density at radius 2 is 1.92 bits per heavy atom. The number of hydrogen-bond donors (Lipinski definition) is 1. The van der Waals surface area contributed by atoms with Gasteiger partial charge < -0.3 is 15.0 Å². The van der Waals surface area contributed by atoms with Gasteiger partial charge in [-0.05, 0) is 37.1 Å². The first kappa shape index (κ1) is 16.9. The van der Waals surface area contributed by atoms with Gasteiger partial charge in [-0.15, -0.1) is 0 Å². The van der Waals surface area contributed by atoms with E-state index < -0.39 is 6.10 Å². The lowest BCUT2D eigenvalue weighted by Crippen LogP contribution is -2.53. The highest BCUT2D eigenvalue weighted by Gasteiger charge is 2.35. The van der Waals surface area contributed by atoms with Gasteiger partial charge in [-0.3, -0.25) is 9.59 Å². The fourth-order valence-corrected chi connectivity index (χ4v) is 3.47. The van der Waals surface area contributed by atoms with Gasteiger partial charge in [-0.1, -0.05) is 19.3 Å². The van der Waals surface area contributed by atoms with Crippen LogP contribution in [0.4, 0.5) is 10.1 Å². The van der Waals surface area contributed by atoms with Gasteiger partial charge in [0, 0.05) is 18.3 Å². The molecular formula is C18H23FN2O3. The minimum absolute atomic E-state index is 0.0145. The van der Waals surface area contributed by atoms with Crippen LogP contribution < -0.4 is 5.32 Å². The van der Waals surface area contributed by atoms with Crippen molar-refractivity contribution in [3.63, 3.8) is 0 Å². The van der Waals surface area contributed by atoms with Gasteiger partial charge >= 0.3 is 0 Å². The Kier molecular flexibility index (Phi) is 5.45. The molecule has 1 unspecified atom stereocenters. The molecule has 6 heteroatoms. The molecule has 1 saturated heterocycles. The van der Waals surface area contributed by atoms with Gasteiger partial charge in [-0.2, -0.15) is 0 Å². The minimum atomic E-state index is -0.721. The third-order valence-corrected chi connectivity index (χ3v) is 4.72. The average Bonchev–Trinajstić information content (AvgIpc) is 2.59. The standard InChI is InChI=1S/C18H23FN2O3/c19-13-6-8-14(9-7-13)20-17(22)12-16-18(23)21(10-11-24-16)15-4-2-1-3-5-15/h6-9,15-16H,1-5,10-12H2,(H,20,22). The van der Waals surface area contributed by atoms with Gasteiger partial charge in [0.25, 0.3) is 5.91 Å². The van der Waals surface area contributed by atoms with E-state index in [0.29, 0.717) is 18.8 Å². The molecule has 0 aromatic heterocycles. The molecule has 130 valence electrons. The second-order valence-electron chi connectivity index (χ2n) is 6.44. The third-order valence-electron chi connectivity index (χ3n) is 4.72. The number of nitrogens with zero attached hydrogens (tertiary/aromatic N) is 1. The van der Waals surface area contributed by atoms with E-state index >= 15 is 0 Å². The van der Waals surface area contributed by atoms with Gasteiger partial charge in [0.05, 0.1) is 13.0 Å². The highest BCUT2D eigenvalue weighted by molar-refractivity contribution is 5.95. The average molecular weight is 334 g/mol. The summed E-state index contributed by atoms with van der Waals surface area (Å²) >= 11 is 0. The number of rotatable bonds is 4. The highest BCUT2D eigenvalue weighted by atomic mass is 19.1. The van der Waals surface area contributed by atoms with E-state index in [1.807, 2.05) is 4.90 Å². The summed E-state index contributed by atoms with van der Waals surface area (Å²) < 4.78 is 18.4. The zero-order valence-corrected chi connectivity index (χ0v) is 13.7. The van der Waals surface area contributed by atoms with Crippen molar-refractivity contribution >= 4 is 17.5 Å². The third kappa shape index (κ3) is 4.12. The summed E-state index contributed by atoms with van der Waals surface area (Å²) in [5, 5.41) is 2.68. The lowest BCUT2D eigenvalue weighted by Gasteiger charge is -2.39. The van der Waals surface area contributed by atoms with E-state index in [1.165, 1.54) is 30.7 Å². The van der Waals surface area contributed by atoms with Crippen molar-refractivity contribution in [1.82, 2.24) is 4.90 Å². The Morgan fingerprint density at radius 3 is 2.62 bits per heavy atom. The minimum Gasteiger partial charge on any atom is -0.366 e. The molecule has 1 heterocycles. The molecule has 0 spiro atoms. The summed E-state index contributed by atoms with van der Waals surface area (Å²) in [5.74, 6) is -0.741. The number of carbonyl (C=O) groups excluding carboxylic acids is 2. The Labute approximate surface area is 141 Å². The van der Waals surface area contributed by atoms with Gasteiger partial charge in [0.2, 0.25) is 5.91 Å². The van der Waals surface area contributed by atoms with Crippen LogP contribution >= 0.6 is 0 Å². The Balaban J connectivity index is 1.56. The highest BCUT2D eigenvalue weighted by Crippen LogP contribution is 2.25. The van der Waals surface area contributed by atoms with E-state index in [-0.39, 0.29) is 30.1 Å². The van der Waals surface area contributed by atoms with E-state index in [1.54, 1.807) is 0 Å². The predicted octanol–water partition coefficient (Wildman–Crippen LogP) is 2.71. The molecule has 1 N–H and O–H groups in total. The van der Waals surface area contributed by atoms with Crippen molar-refractivity contribution in [3.05, 3.63) is 30.1 Å². The molecule has 3 rings (SSSR count). The van der Waals surface area contributed by atoms with Crippen molar-refractivity contribution in [1.29, 1.82) is 0 Å². The van der Waals surface area contributed by atoms with Gasteiger partial charge in [0.1, 0.15) is 11.9 Å². The first-order valence-corrected chi connectivity index (χ1v) is 8.61.